The Morgan fingerprint density at radius 2 is 2.14 bits per heavy atom. The molecule has 0 radical (unpaired) electrons. The zero-order chi connectivity index (χ0) is 24.2. The van der Waals surface area contributed by atoms with Crippen LogP contribution in [0.25, 0.3) is 21.7 Å². The second-order valence-corrected chi connectivity index (χ2v) is 10.3. The molecule has 3 aromatic heterocycles. The van der Waals surface area contributed by atoms with Crippen molar-refractivity contribution in [1.29, 1.82) is 0 Å². The summed E-state index contributed by atoms with van der Waals surface area (Å²) in [6.45, 7) is 4.99. The molecule has 2 amide bonds. The summed E-state index contributed by atoms with van der Waals surface area (Å²) in [5.41, 5.74) is 0.909. The van der Waals surface area contributed by atoms with Crippen molar-refractivity contribution >= 4 is 40.1 Å². The zero-order valence-corrected chi connectivity index (χ0v) is 19.6. The fraction of sp³-hybridized carbons (Fsp3) is 0.280. The minimum Gasteiger partial charge on any atom is -0.443 e. The van der Waals surface area contributed by atoms with E-state index in [0.29, 0.717) is 35.2 Å². The van der Waals surface area contributed by atoms with Crippen LogP contribution in [0, 0.1) is 11.2 Å². The topological polar surface area (TPSA) is 93.3 Å². The number of para-hydroxylation sites is 1. The Bertz CT molecular complexity index is 1450. The lowest BCUT2D eigenvalue weighted by atomic mass is 9.65. The number of halogens is 1. The van der Waals surface area contributed by atoms with Crippen molar-refractivity contribution in [3.8, 4) is 10.6 Å². The third kappa shape index (κ3) is 3.65. The number of aromatic nitrogens is 3. The van der Waals surface area contributed by atoms with Crippen LogP contribution in [0.3, 0.4) is 0 Å². The Balaban J connectivity index is 1.27. The molecule has 1 spiro atoms. The van der Waals surface area contributed by atoms with Gasteiger partial charge in [-0.15, -0.1) is 11.3 Å². The average Bonchev–Trinajstić information content (AvgIpc) is 3.62. The van der Waals surface area contributed by atoms with Crippen molar-refractivity contribution in [3.05, 3.63) is 66.3 Å². The molecule has 2 aliphatic rings. The number of benzene rings is 1. The zero-order valence-electron chi connectivity index (χ0n) is 18.7. The highest BCUT2D eigenvalue weighted by Crippen LogP contribution is 2.55. The molecule has 0 atom stereocenters. The monoisotopic (exact) mass is 491 g/mol. The van der Waals surface area contributed by atoms with Crippen LogP contribution in [0.4, 0.5) is 10.3 Å². The second kappa shape index (κ2) is 8.16. The molecule has 8 nitrogen and oxygen atoms in total. The lowest BCUT2D eigenvalue weighted by Gasteiger charge is -2.46. The maximum absolute atomic E-state index is 14.6. The van der Waals surface area contributed by atoms with Crippen molar-refractivity contribution in [2.24, 2.45) is 5.41 Å². The SMILES string of the molecule is C=CC(=O)N1CCC2(CC(n3c(NC(=O)c4ccc(-c5cnco5)s4)nc4c(F)cccc43)C2)C1. The van der Waals surface area contributed by atoms with Gasteiger partial charge in [-0.25, -0.2) is 14.4 Å². The van der Waals surface area contributed by atoms with Crippen LogP contribution < -0.4 is 5.32 Å². The molecule has 35 heavy (non-hydrogen) atoms. The van der Waals surface area contributed by atoms with E-state index in [-0.39, 0.29) is 28.8 Å². The maximum atomic E-state index is 14.6. The van der Waals surface area contributed by atoms with Crippen LogP contribution in [0.15, 0.2) is 60.0 Å². The quantitative estimate of drug-likeness (QED) is 0.402. The molecular formula is C25H22FN5O3S. The number of rotatable bonds is 5. The summed E-state index contributed by atoms with van der Waals surface area (Å²) in [5.74, 6) is 0.104. The molecule has 1 aliphatic carbocycles. The smallest absolute Gasteiger partial charge is 0.268 e. The first-order valence-electron chi connectivity index (χ1n) is 11.3. The lowest BCUT2D eigenvalue weighted by Crippen LogP contribution is -2.42. The highest BCUT2D eigenvalue weighted by Gasteiger charge is 2.50. The largest absolute Gasteiger partial charge is 0.443 e. The van der Waals surface area contributed by atoms with Crippen molar-refractivity contribution in [2.75, 3.05) is 18.4 Å². The molecule has 1 saturated heterocycles. The molecule has 4 aromatic rings. The number of carbonyl (C=O) groups is 2. The average molecular weight is 492 g/mol. The first-order valence-corrected chi connectivity index (χ1v) is 12.2. The highest BCUT2D eigenvalue weighted by atomic mass is 32.1. The van der Waals surface area contributed by atoms with Gasteiger partial charge < -0.3 is 13.9 Å². The number of amides is 2. The molecule has 6 rings (SSSR count). The van der Waals surface area contributed by atoms with E-state index in [0.717, 1.165) is 24.1 Å². The van der Waals surface area contributed by atoms with Gasteiger partial charge in [0.05, 0.1) is 21.5 Å². The van der Waals surface area contributed by atoms with Crippen LogP contribution in [0.5, 0.6) is 0 Å². The number of anilines is 1. The van der Waals surface area contributed by atoms with E-state index in [2.05, 4.69) is 21.9 Å². The van der Waals surface area contributed by atoms with Crippen LogP contribution in [0.2, 0.25) is 0 Å². The van der Waals surface area contributed by atoms with Crippen LogP contribution in [-0.2, 0) is 4.79 Å². The Labute approximate surface area is 204 Å². The standard InChI is InChI=1S/C25H22FN5O3S/c1-2-21(32)30-9-8-25(13-30)10-15(11-25)31-17-5-3-4-16(26)22(17)28-24(31)29-23(33)20-7-6-19(35-20)18-12-27-14-34-18/h2-7,12,14-15H,1,8-11,13H2,(H,28,29,33). The third-order valence-corrected chi connectivity index (χ3v) is 8.13. The van der Waals surface area contributed by atoms with Crippen LogP contribution in [-0.4, -0.2) is 44.3 Å². The van der Waals surface area contributed by atoms with Gasteiger partial charge in [-0.3, -0.25) is 14.9 Å². The van der Waals surface area contributed by atoms with E-state index in [1.54, 1.807) is 24.4 Å². The maximum Gasteiger partial charge on any atom is 0.268 e. The van der Waals surface area contributed by atoms with Crippen molar-refractivity contribution in [3.63, 3.8) is 0 Å². The highest BCUT2D eigenvalue weighted by molar-refractivity contribution is 7.17. The van der Waals surface area contributed by atoms with E-state index in [9.17, 15) is 14.0 Å². The predicted octanol–water partition coefficient (Wildman–Crippen LogP) is 4.88. The summed E-state index contributed by atoms with van der Waals surface area (Å²) >= 11 is 1.28. The van der Waals surface area contributed by atoms with Gasteiger partial charge >= 0.3 is 0 Å². The number of nitrogens with zero attached hydrogens (tertiary/aromatic N) is 4. The van der Waals surface area contributed by atoms with Gasteiger partial charge in [-0.2, -0.15) is 0 Å². The van der Waals surface area contributed by atoms with Crippen molar-refractivity contribution in [1.82, 2.24) is 19.4 Å². The van der Waals surface area contributed by atoms with E-state index < -0.39 is 5.82 Å². The summed E-state index contributed by atoms with van der Waals surface area (Å²) in [6, 6.07) is 8.40. The first kappa shape index (κ1) is 21.7. The number of hydrogen-bond acceptors (Lipinski definition) is 6. The number of imidazole rings is 1. The molecule has 1 saturated carbocycles. The summed E-state index contributed by atoms with van der Waals surface area (Å²) in [7, 11) is 0. The number of oxazole rings is 1. The number of likely N-dealkylation sites (tertiary alicyclic amines) is 1. The van der Waals surface area contributed by atoms with Gasteiger partial charge in [-0.05, 0) is 55.0 Å². The second-order valence-electron chi connectivity index (χ2n) is 9.17. The summed E-state index contributed by atoms with van der Waals surface area (Å²) < 4.78 is 21.8. The third-order valence-electron chi connectivity index (χ3n) is 7.03. The van der Waals surface area contributed by atoms with E-state index in [4.69, 9.17) is 4.42 Å². The van der Waals surface area contributed by atoms with Crippen LogP contribution in [0.1, 0.15) is 35.0 Å². The van der Waals surface area contributed by atoms with Gasteiger partial charge in [0.1, 0.15) is 5.52 Å². The van der Waals surface area contributed by atoms with Gasteiger partial charge in [0, 0.05) is 19.1 Å². The Morgan fingerprint density at radius 1 is 1.29 bits per heavy atom. The molecule has 4 heterocycles. The van der Waals surface area contributed by atoms with E-state index >= 15 is 0 Å². The predicted molar refractivity (Wildman–Crippen MR) is 130 cm³/mol. The van der Waals surface area contributed by atoms with Crippen molar-refractivity contribution in [2.45, 2.75) is 25.3 Å². The molecule has 10 heteroatoms. The Kier molecular flexibility index (Phi) is 5.06. The normalized spacial score (nSPS) is 21.4. The van der Waals surface area contributed by atoms with Gasteiger partial charge in [0.15, 0.2) is 18.0 Å². The minimum absolute atomic E-state index is 0.0360. The van der Waals surface area contributed by atoms with Crippen molar-refractivity contribution < 1.29 is 18.4 Å². The molecule has 2 fully saturated rings. The Morgan fingerprint density at radius 3 is 2.91 bits per heavy atom. The molecule has 1 aliphatic heterocycles. The molecule has 1 aromatic carbocycles. The van der Waals surface area contributed by atoms with E-state index in [1.165, 1.54) is 29.9 Å². The van der Waals surface area contributed by atoms with Crippen LogP contribution >= 0.6 is 11.3 Å². The van der Waals surface area contributed by atoms with E-state index in [1.807, 2.05) is 15.5 Å². The first-order chi connectivity index (χ1) is 17.0. The molecule has 178 valence electrons. The molecule has 0 unspecified atom stereocenters. The number of nitrogens with one attached hydrogen (secondary N) is 1. The summed E-state index contributed by atoms with van der Waals surface area (Å²) in [5, 5.41) is 2.90. The summed E-state index contributed by atoms with van der Waals surface area (Å²) in [4.78, 5) is 36.6. The molecule has 1 N–H and O–H groups in total. The van der Waals surface area contributed by atoms with Gasteiger partial charge in [0.25, 0.3) is 5.91 Å². The fourth-order valence-corrected chi connectivity index (χ4v) is 6.20. The van der Waals surface area contributed by atoms with Gasteiger partial charge in [0.2, 0.25) is 11.9 Å². The molecular weight excluding hydrogens is 469 g/mol. The van der Waals surface area contributed by atoms with Gasteiger partial charge in [-0.1, -0.05) is 12.6 Å². The Hall–Kier alpha value is -3.79. The summed E-state index contributed by atoms with van der Waals surface area (Å²) in [6.07, 6.45) is 6.86. The number of hydrogen-bond donors (Lipinski definition) is 1. The number of carbonyl (C=O) groups excluding carboxylic acids is 2. The lowest BCUT2D eigenvalue weighted by molar-refractivity contribution is -0.125. The number of thiophene rings is 1. The fourth-order valence-electron chi connectivity index (χ4n) is 5.34. The molecule has 0 bridgehead atoms. The number of fused-ring (bicyclic) bond motifs is 1. The minimum atomic E-state index is -0.432.